The molecule has 7 heteroatoms. The van der Waals surface area contributed by atoms with Gasteiger partial charge in [0.15, 0.2) is 11.5 Å². The molecule has 7 nitrogen and oxygen atoms in total. The lowest BCUT2D eigenvalue weighted by Crippen LogP contribution is -2.42. The topological polar surface area (TPSA) is 72.1 Å². The largest absolute Gasteiger partial charge is 0.497 e. The molecule has 0 unspecified atom stereocenters. The third-order valence-corrected chi connectivity index (χ3v) is 6.42. The van der Waals surface area contributed by atoms with Crippen molar-refractivity contribution < 1.29 is 19.0 Å². The maximum atomic E-state index is 12.7. The maximum Gasteiger partial charge on any atom is 0.319 e. The van der Waals surface area contributed by atoms with E-state index in [1.54, 1.807) is 21.3 Å². The van der Waals surface area contributed by atoms with Gasteiger partial charge in [-0.1, -0.05) is 29.8 Å². The number of aryl methyl sites for hydroxylation is 1. The molecule has 35 heavy (non-hydrogen) atoms. The Bertz CT molecular complexity index is 1150. The Morgan fingerprint density at radius 3 is 2.29 bits per heavy atom. The van der Waals surface area contributed by atoms with Gasteiger partial charge in [-0.15, -0.1) is 0 Å². The highest BCUT2D eigenvalue weighted by molar-refractivity contribution is 5.89. The summed E-state index contributed by atoms with van der Waals surface area (Å²) >= 11 is 0. The summed E-state index contributed by atoms with van der Waals surface area (Å²) in [6.45, 7) is 4.09. The molecule has 0 fully saturated rings. The molecule has 0 aromatic heterocycles. The molecule has 0 saturated carbocycles. The lowest BCUT2D eigenvalue weighted by Gasteiger charge is -2.38. The molecule has 1 aliphatic heterocycles. The van der Waals surface area contributed by atoms with Crippen LogP contribution in [0.25, 0.3) is 0 Å². The number of carbonyl (C=O) groups excluding carboxylic acids is 1. The molecule has 1 heterocycles. The van der Waals surface area contributed by atoms with Crippen LogP contribution in [0.15, 0.2) is 60.7 Å². The van der Waals surface area contributed by atoms with Crippen molar-refractivity contribution >= 4 is 11.7 Å². The molecule has 1 atom stereocenters. The van der Waals surface area contributed by atoms with Crippen molar-refractivity contribution in [3.63, 3.8) is 0 Å². The molecule has 0 spiro atoms. The predicted octanol–water partition coefficient (Wildman–Crippen LogP) is 4.94. The molecule has 4 rings (SSSR count). The number of urea groups is 1. The molecule has 1 aliphatic rings. The highest BCUT2D eigenvalue weighted by Crippen LogP contribution is 2.38. The second-order valence-corrected chi connectivity index (χ2v) is 8.69. The number of anilines is 1. The van der Waals surface area contributed by atoms with Crippen LogP contribution in [0, 0.1) is 6.92 Å². The van der Waals surface area contributed by atoms with Crippen LogP contribution in [-0.4, -0.2) is 45.3 Å². The molecule has 0 radical (unpaired) electrons. The van der Waals surface area contributed by atoms with Gasteiger partial charge in [0.25, 0.3) is 0 Å². The molecule has 3 aromatic rings. The summed E-state index contributed by atoms with van der Waals surface area (Å²) in [5, 5.41) is 6.00. The first-order chi connectivity index (χ1) is 17.0. The van der Waals surface area contributed by atoms with Crippen LogP contribution in [0.1, 0.15) is 28.3 Å². The Hall–Kier alpha value is -3.71. The number of rotatable bonds is 8. The van der Waals surface area contributed by atoms with Gasteiger partial charge < -0.3 is 24.8 Å². The number of amides is 2. The summed E-state index contributed by atoms with van der Waals surface area (Å²) in [5.41, 5.74) is 5.44. The molecule has 0 bridgehead atoms. The Morgan fingerprint density at radius 2 is 1.63 bits per heavy atom. The van der Waals surface area contributed by atoms with E-state index in [0.717, 1.165) is 47.8 Å². The predicted molar refractivity (Wildman–Crippen MR) is 138 cm³/mol. The van der Waals surface area contributed by atoms with Gasteiger partial charge in [-0.05, 0) is 66.4 Å². The number of nitrogens with zero attached hydrogens (tertiary/aromatic N) is 1. The molecular weight excluding hydrogens is 442 g/mol. The number of carbonyl (C=O) groups is 1. The van der Waals surface area contributed by atoms with E-state index < -0.39 is 0 Å². The van der Waals surface area contributed by atoms with Gasteiger partial charge in [0.2, 0.25) is 0 Å². The summed E-state index contributed by atoms with van der Waals surface area (Å²) in [4.78, 5) is 15.1. The monoisotopic (exact) mass is 475 g/mol. The summed E-state index contributed by atoms with van der Waals surface area (Å²) in [7, 11) is 4.96. The average molecular weight is 476 g/mol. The maximum absolute atomic E-state index is 12.7. The van der Waals surface area contributed by atoms with E-state index in [4.69, 9.17) is 14.2 Å². The van der Waals surface area contributed by atoms with Crippen LogP contribution in [-0.2, 0) is 13.0 Å². The summed E-state index contributed by atoms with van der Waals surface area (Å²) in [6.07, 6.45) is 0.887. The van der Waals surface area contributed by atoms with Gasteiger partial charge in [0.1, 0.15) is 5.75 Å². The Morgan fingerprint density at radius 1 is 0.943 bits per heavy atom. The van der Waals surface area contributed by atoms with Gasteiger partial charge in [0.05, 0.1) is 27.4 Å². The fourth-order valence-corrected chi connectivity index (χ4v) is 4.48. The van der Waals surface area contributed by atoms with Crippen LogP contribution in [0.5, 0.6) is 17.2 Å². The minimum atomic E-state index is -0.231. The molecule has 0 aliphatic carbocycles. The van der Waals surface area contributed by atoms with Crippen LogP contribution >= 0.6 is 0 Å². The van der Waals surface area contributed by atoms with Crippen molar-refractivity contribution in [2.24, 2.45) is 0 Å². The zero-order valence-corrected chi connectivity index (χ0v) is 20.8. The lowest BCUT2D eigenvalue weighted by molar-refractivity contribution is 0.172. The van der Waals surface area contributed by atoms with Crippen molar-refractivity contribution in [1.82, 2.24) is 10.2 Å². The van der Waals surface area contributed by atoms with Gasteiger partial charge >= 0.3 is 6.03 Å². The molecule has 3 aromatic carbocycles. The highest BCUT2D eigenvalue weighted by atomic mass is 16.5. The Kier molecular flexibility index (Phi) is 7.77. The van der Waals surface area contributed by atoms with E-state index in [1.807, 2.05) is 49.4 Å². The standard InChI is InChI=1S/C28H33N3O4/c1-19-5-9-22(10-6-19)30-28(32)29-17-25-24-16-27(35-4)26(34-3)15-21(24)13-14-31(25)18-20-7-11-23(33-2)12-8-20/h5-12,15-16,25H,13-14,17-18H2,1-4H3,(H2,29,30,32)/t25-/m0/s1. The first-order valence-corrected chi connectivity index (χ1v) is 11.7. The van der Waals surface area contributed by atoms with Crippen molar-refractivity contribution in [3.05, 3.63) is 82.9 Å². The van der Waals surface area contributed by atoms with Crippen LogP contribution in [0.2, 0.25) is 0 Å². The van der Waals surface area contributed by atoms with Crippen molar-refractivity contribution in [3.8, 4) is 17.2 Å². The Labute approximate surface area is 207 Å². The van der Waals surface area contributed by atoms with Crippen LogP contribution < -0.4 is 24.8 Å². The summed E-state index contributed by atoms with van der Waals surface area (Å²) in [5.74, 6) is 2.24. The number of hydrogen-bond acceptors (Lipinski definition) is 5. The number of ether oxygens (including phenoxy) is 3. The number of benzene rings is 3. The molecule has 2 N–H and O–H groups in total. The number of fused-ring (bicyclic) bond motifs is 1. The van der Waals surface area contributed by atoms with Gasteiger partial charge in [-0.3, -0.25) is 4.90 Å². The second kappa shape index (κ2) is 11.1. The fourth-order valence-electron chi connectivity index (χ4n) is 4.48. The third-order valence-electron chi connectivity index (χ3n) is 6.42. The SMILES string of the molecule is COc1ccc(CN2CCc3cc(OC)c(OC)cc3[C@@H]2CNC(=O)Nc2ccc(C)cc2)cc1. The van der Waals surface area contributed by atoms with E-state index in [-0.39, 0.29) is 12.1 Å². The number of hydrogen-bond donors (Lipinski definition) is 2. The molecule has 0 saturated heterocycles. The zero-order valence-electron chi connectivity index (χ0n) is 20.8. The first kappa shape index (κ1) is 24.4. The lowest BCUT2D eigenvalue weighted by atomic mass is 9.91. The normalized spacial score (nSPS) is 15.1. The smallest absolute Gasteiger partial charge is 0.319 e. The summed E-state index contributed by atoms with van der Waals surface area (Å²) in [6, 6.07) is 19.7. The number of methoxy groups -OCH3 is 3. The van der Waals surface area contributed by atoms with Crippen molar-refractivity contribution in [2.75, 3.05) is 39.7 Å². The van der Waals surface area contributed by atoms with Crippen molar-refractivity contribution in [1.29, 1.82) is 0 Å². The van der Waals surface area contributed by atoms with E-state index in [2.05, 4.69) is 33.7 Å². The van der Waals surface area contributed by atoms with E-state index >= 15 is 0 Å². The van der Waals surface area contributed by atoms with Gasteiger partial charge in [-0.25, -0.2) is 4.79 Å². The molecule has 2 amide bonds. The average Bonchev–Trinajstić information content (AvgIpc) is 2.88. The number of nitrogens with one attached hydrogen (secondary N) is 2. The fraction of sp³-hybridized carbons (Fsp3) is 0.321. The second-order valence-electron chi connectivity index (χ2n) is 8.69. The zero-order chi connectivity index (χ0) is 24.8. The van der Waals surface area contributed by atoms with E-state index in [1.165, 1.54) is 11.1 Å². The van der Waals surface area contributed by atoms with Crippen molar-refractivity contribution in [2.45, 2.75) is 25.9 Å². The van der Waals surface area contributed by atoms with Crippen LogP contribution in [0.3, 0.4) is 0 Å². The minimum absolute atomic E-state index is 0.0237. The quantitative estimate of drug-likeness (QED) is 0.483. The Balaban J connectivity index is 1.56. The van der Waals surface area contributed by atoms with E-state index in [0.29, 0.717) is 12.3 Å². The van der Waals surface area contributed by atoms with Crippen LogP contribution in [0.4, 0.5) is 10.5 Å². The first-order valence-electron chi connectivity index (χ1n) is 11.7. The summed E-state index contributed by atoms with van der Waals surface area (Å²) < 4.78 is 16.4. The highest BCUT2D eigenvalue weighted by Gasteiger charge is 2.29. The minimum Gasteiger partial charge on any atom is -0.497 e. The molecular formula is C28H33N3O4. The van der Waals surface area contributed by atoms with Gasteiger partial charge in [-0.2, -0.15) is 0 Å². The third kappa shape index (κ3) is 5.87. The molecule has 184 valence electrons. The van der Waals surface area contributed by atoms with Gasteiger partial charge in [0, 0.05) is 25.3 Å². The van der Waals surface area contributed by atoms with E-state index in [9.17, 15) is 4.79 Å².